The van der Waals surface area contributed by atoms with Gasteiger partial charge in [-0.2, -0.15) is 0 Å². The quantitative estimate of drug-likeness (QED) is 0.561. The average Bonchev–Trinajstić information content (AvgIpc) is 2.44. The summed E-state index contributed by atoms with van der Waals surface area (Å²) >= 11 is 0. The Morgan fingerprint density at radius 1 is 0.933 bits per heavy atom. The molecular weight excluding hydrogens is 200 g/mol. The highest BCUT2D eigenvalue weighted by Crippen LogP contribution is 2.14. The van der Waals surface area contributed by atoms with Crippen molar-refractivity contribution < 1.29 is 10.2 Å². The summed E-state index contributed by atoms with van der Waals surface area (Å²) in [5.41, 5.74) is -2.44. The van der Waals surface area contributed by atoms with Crippen molar-refractivity contribution in [2.45, 2.75) is 0 Å². The van der Waals surface area contributed by atoms with Gasteiger partial charge in [0.1, 0.15) is 5.75 Å². The van der Waals surface area contributed by atoms with Gasteiger partial charge >= 0.3 is 0 Å². The Labute approximate surface area is 83.5 Å². The van der Waals surface area contributed by atoms with E-state index in [2.05, 4.69) is 0 Å². The zero-order valence-electron chi connectivity index (χ0n) is 7.87. The van der Waals surface area contributed by atoms with Crippen LogP contribution in [0.25, 0.3) is 10.8 Å². The van der Waals surface area contributed by atoms with Crippen LogP contribution in [0.4, 0.5) is 0 Å². The molecule has 5 nitrogen and oxygen atoms in total. The van der Waals surface area contributed by atoms with E-state index in [9.17, 15) is 14.4 Å². The van der Waals surface area contributed by atoms with E-state index < -0.39 is 16.3 Å². The van der Waals surface area contributed by atoms with Crippen molar-refractivity contribution in [1.82, 2.24) is 0 Å². The van der Waals surface area contributed by atoms with E-state index in [0.717, 1.165) is 0 Å². The first-order valence-electron chi connectivity index (χ1n) is 3.96. The maximum atomic E-state index is 11.2. The Bertz CT molecular complexity index is 634. The lowest BCUT2D eigenvalue weighted by molar-refractivity contribution is 0.415. The van der Waals surface area contributed by atoms with Crippen LogP contribution in [0.2, 0.25) is 0 Å². The minimum absolute atomic E-state index is 0. The van der Waals surface area contributed by atoms with Crippen LogP contribution >= 0.6 is 0 Å². The first-order valence-corrected chi connectivity index (χ1v) is 3.96. The molecule has 0 fully saturated rings. The molecule has 0 amide bonds. The molecule has 2 aromatic rings. The van der Waals surface area contributed by atoms with Crippen molar-refractivity contribution in [2.75, 3.05) is 7.11 Å². The second kappa shape index (κ2) is 3.62. The third-order valence-corrected chi connectivity index (χ3v) is 2.13. The lowest BCUT2D eigenvalue weighted by Crippen LogP contribution is -2.29. The summed E-state index contributed by atoms with van der Waals surface area (Å²) in [6, 6.07) is 4.38. The van der Waals surface area contributed by atoms with Crippen LogP contribution in [0.15, 0.2) is 32.6 Å². The molecule has 0 aliphatic rings. The highest BCUT2D eigenvalue weighted by atomic mass is 16.5. The molecule has 0 bridgehead atoms. The average molecular weight is 208 g/mol. The zero-order chi connectivity index (χ0) is 10.3. The molecule has 0 radical (unpaired) electrons. The molecule has 0 spiro atoms. The summed E-state index contributed by atoms with van der Waals surface area (Å²) in [6.45, 7) is 0. The van der Waals surface area contributed by atoms with Crippen LogP contribution in [-0.4, -0.2) is 12.6 Å². The largest absolute Gasteiger partial charge is 0.497 e. The van der Waals surface area contributed by atoms with Crippen LogP contribution in [0.1, 0.15) is 0 Å². The molecule has 0 aliphatic heterocycles. The Morgan fingerprint density at radius 3 is 2.13 bits per heavy atom. The first kappa shape index (κ1) is 11.1. The molecule has 2 aromatic carbocycles. The third kappa shape index (κ3) is 1.42. The number of ether oxygens (including phenoxy) is 1. The highest BCUT2D eigenvalue weighted by molar-refractivity contribution is 5.84. The number of benzene rings is 1. The number of rotatable bonds is 1. The van der Waals surface area contributed by atoms with Gasteiger partial charge in [-0.15, -0.1) is 0 Å². The smallest absolute Gasteiger partial charge is 0.273 e. The lowest BCUT2D eigenvalue weighted by Gasteiger charge is -1.96. The van der Waals surface area contributed by atoms with E-state index in [-0.39, 0.29) is 16.2 Å². The molecule has 0 saturated carbocycles. The van der Waals surface area contributed by atoms with Gasteiger partial charge in [0, 0.05) is 10.8 Å². The fourth-order valence-electron chi connectivity index (χ4n) is 1.38. The van der Waals surface area contributed by atoms with Crippen LogP contribution in [0.5, 0.6) is 5.75 Å². The summed E-state index contributed by atoms with van der Waals surface area (Å²) in [4.78, 5) is 33.5. The minimum atomic E-state index is -0.965. The van der Waals surface area contributed by atoms with Gasteiger partial charge < -0.3 is 10.2 Å². The van der Waals surface area contributed by atoms with E-state index >= 15 is 0 Å². The summed E-state index contributed by atoms with van der Waals surface area (Å²) in [6.07, 6.45) is 0. The number of hydrogen-bond acceptors (Lipinski definition) is 4. The van der Waals surface area contributed by atoms with Gasteiger partial charge in [0.15, 0.2) is 0 Å². The minimum Gasteiger partial charge on any atom is -0.497 e. The van der Waals surface area contributed by atoms with Gasteiger partial charge in [-0.05, 0) is 18.2 Å². The number of fused-ring (bicyclic) bond motifs is 1. The molecule has 0 heterocycles. The fraction of sp³-hybridized carbons (Fsp3) is 0.100. The van der Waals surface area contributed by atoms with Gasteiger partial charge in [-0.3, -0.25) is 14.4 Å². The Kier molecular flexibility index (Phi) is 2.67. The lowest BCUT2D eigenvalue weighted by atomic mass is 10.2. The molecule has 78 valence electrons. The maximum absolute atomic E-state index is 11.2. The first-order chi connectivity index (χ1) is 6.65. The Balaban J connectivity index is 0.00000112. The van der Waals surface area contributed by atoms with Gasteiger partial charge in [0.05, 0.1) is 7.11 Å². The molecule has 0 aliphatic carbocycles. The standard InChI is InChI=1S/C10H6O4.H2O/c1-14-5-2-3-6-7(4-5)9(12)10(13)8(6)11;/h2-4H,1H3;1H2. The molecule has 15 heavy (non-hydrogen) atoms. The molecule has 2 rings (SSSR count). The van der Waals surface area contributed by atoms with E-state index in [4.69, 9.17) is 4.74 Å². The van der Waals surface area contributed by atoms with Crippen LogP contribution < -0.4 is 21.0 Å². The van der Waals surface area contributed by atoms with Crippen LogP contribution in [0, 0.1) is 0 Å². The topological polar surface area (TPSA) is 91.9 Å². The van der Waals surface area contributed by atoms with E-state index in [1.54, 1.807) is 6.07 Å². The van der Waals surface area contributed by atoms with Crippen molar-refractivity contribution >= 4 is 10.8 Å². The Morgan fingerprint density at radius 2 is 1.53 bits per heavy atom. The predicted molar refractivity (Wildman–Crippen MR) is 55.3 cm³/mol. The molecular formula is C10H8O5. The molecule has 0 unspecified atom stereocenters. The molecule has 0 saturated heterocycles. The second-order valence-electron chi connectivity index (χ2n) is 2.90. The fourth-order valence-corrected chi connectivity index (χ4v) is 1.38. The molecule has 0 aromatic heterocycles. The second-order valence-corrected chi connectivity index (χ2v) is 2.90. The van der Waals surface area contributed by atoms with E-state index in [1.165, 1.54) is 19.2 Å². The Hall–Kier alpha value is -2.01. The van der Waals surface area contributed by atoms with Crippen molar-refractivity contribution in [1.29, 1.82) is 0 Å². The van der Waals surface area contributed by atoms with Gasteiger partial charge in [0.2, 0.25) is 10.9 Å². The SMILES string of the molecule is COc1ccc2c(=O)c(=O)c(=O)c2c1.O. The van der Waals surface area contributed by atoms with E-state index in [1.807, 2.05) is 0 Å². The van der Waals surface area contributed by atoms with Crippen LogP contribution in [-0.2, 0) is 0 Å². The molecule has 2 N–H and O–H groups in total. The van der Waals surface area contributed by atoms with Crippen molar-refractivity contribution in [3.05, 3.63) is 48.9 Å². The maximum Gasteiger partial charge on any atom is 0.273 e. The van der Waals surface area contributed by atoms with Gasteiger partial charge in [0.25, 0.3) is 5.43 Å². The van der Waals surface area contributed by atoms with Gasteiger partial charge in [-0.1, -0.05) is 0 Å². The van der Waals surface area contributed by atoms with Crippen LogP contribution in [0.3, 0.4) is 0 Å². The van der Waals surface area contributed by atoms with Crippen molar-refractivity contribution in [3.63, 3.8) is 0 Å². The zero-order valence-corrected chi connectivity index (χ0v) is 7.87. The highest BCUT2D eigenvalue weighted by Gasteiger charge is 2.12. The summed E-state index contributed by atoms with van der Waals surface area (Å²) in [7, 11) is 1.45. The molecule has 0 atom stereocenters. The van der Waals surface area contributed by atoms with Crippen molar-refractivity contribution in [2.24, 2.45) is 0 Å². The summed E-state index contributed by atoms with van der Waals surface area (Å²) < 4.78 is 4.88. The molecule has 5 heteroatoms. The van der Waals surface area contributed by atoms with Crippen molar-refractivity contribution in [3.8, 4) is 5.75 Å². The number of methoxy groups -OCH3 is 1. The number of hydrogen-bond donors (Lipinski definition) is 0. The summed E-state index contributed by atoms with van der Waals surface area (Å²) in [5.74, 6) is 0.458. The van der Waals surface area contributed by atoms with Gasteiger partial charge in [-0.25, -0.2) is 0 Å². The monoisotopic (exact) mass is 208 g/mol. The third-order valence-electron chi connectivity index (χ3n) is 2.13. The predicted octanol–water partition coefficient (Wildman–Crippen LogP) is -1.02. The van der Waals surface area contributed by atoms with E-state index in [0.29, 0.717) is 5.75 Å². The normalized spacial score (nSPS) is 9.93. The summed E-state index contributed by atoms with van der Waals surface area (Å²) in [5, 5.41) is 0.306.